The standard InChI is InChI=1S/C27H24O4S.C22H24N4O6.C19H21NO5.C19H23NO5.C18H20N2O6/c1-29-24-14-13-22(26(30-2)27(24)31-3)18-9-6-10-20(16-18)23(28)17-19-8-4-5-11-21(19)25-12-7-15-32-25;1-12-24-11-14(15-6-7-16(32-15)21(23)28)22(25-12)26-19(27)8-5-13-9-17(29-2)20(31-4)18(10-13)30-3;1-12(21)14-6-5-7-15(11-14)20-18(22)10-13-8-16(23-2)19(25-4)17(9-13)24-3;1-23-16-10-13(11-17(24-2)19(16)25-3)7-8-18(22)20-15-6-4-5-14(9-15)12-21;1-24-15-9-12(10-16(25-2)18(15)26-3)7-8-17(21)19-13-5-4-6-14(11-13)20(22)23/h4-16H,17H2,1-3H3;6-7,9-11H,5,8H2,1-4H3,(H2,23,28)(H,24,25,26,27);5-9,11H,10H2,1-4H3,(H,20,22);4-6,9-11,21H,7-8,12H2,1-3H3,(H,20,22);4-6,9-11H,7-8H2,1-3H3,(H,19,21). The van der Waals surface area contributed by atoms with E-state index in [9.17, 15) is 43.7 Å². The first-order valence-corrected chi connectivity index (χ1v) is 44.2. The largest absolute Gasteiger partial charge is 0.493 e. The number of aryl methyl sites for hydroxylation is 4. The molecule has 0 aliphatic rings. The van der Waals surface area contributed by atoms with Gasteiger partial charge in [-0.25, -0.2) is 9.97 Å². The third-order valence-corrected chi connectivity index (χ3v) is 22.0. The number of aliphatic hydroxyl groups is 1. The smallest absolute Gasteiger partial charge is 0.284 e. The van der Waals surface area contributed by atoms with E-state index in [0.29, 0.717) is 164 Å². The second-order valence-electron chi connectivity index (χ2n) is 30.2. The number of nitrogens with zero attached hydrogens (tertiary/aromatic N) is 3. The van der Waals surface area contributed by atoms with Crippen LogP contribution >= 0.6 is 11.3 Å². The van der Waals surface area contributed by atoms with Crippen LogP contribution < -0.4 is 98.1 Å². The van der Waals surface area contributed by atoms with Gasteiger partial charge in [0.15, 0.2) is 74.8 Å². The number of carbonyl (C=O) groups is 7. The summed E-state index contributed by atoms with van der Waals surface area (Å²) < 4.78 is 85.6. The first-order chi connectivity index (χ1) is 67.6. The van der Waals surface area contributed by atoms with Gasteiger partial charge in [-0.2, -0.15) is 0 Å². The Kier molecular flexibility index (Phi) is 40.9. The molecule has 35 heteroatoms. The van der Waals surface area contributed by atoms with Crippen molar-refractivity contribution in [2.75, 3.05) is 128 Å². The normalized spacial score (nSPS) is 10.3. The summed E-state index contributed by atoms with van der Waals surface area (Å²) in [5, 5.41) is 33.0. The maximum Gasteiger partial charge on any atom is 0.284 e. The number of ketones is 2. The fourth-order valence-corrected chi connectivity index (χ4v) is 15.1. The number of primary amides is 1. The number of furan rings is 1. The molecule has 5 amide bonds. The highest BCUT2D eigenvalue weighted by molar-refractivity contribution is 7.13. The van der Waals surface area contributed by atoms with Crippen LogP contribution in [0.3, 0.4) is 0 Å². The predicted molar refractivity (Wildman–Crippen MR) is 532 cm³/mol. The number of thiophene rings is 1. The molecule has 0 aliphatic carbocycles. The van der Waals surface area contributed by atoms with Gasteiger partial charge in [0.25, 0.3) is 11.6 Å². The molecule has 13 rings (SSSR count). The monoisotopic (exact) mass is 1930 g/mol. The van der Waals surface area contributed by atoms with Crippen LogP contribution in [0.5, 0.6) is 86.2 Å². The minimum atomic E-state index is -0.694. The molecule has 0 atom stereocenters. The lowest BCUT2D eigenvalue weighted by Crippen LogP contribution is -2.15. The van der Waals surface area contributed by atoms with Crippen LogP contribution in [0.1, 0.15) is 96.7 Å². The van der Waals surface area contributed by atoms with Crippen molar-refractivity contribution in [1.82, 2.24) is 9.97 Å². The van der Waals surface area contributed by atoms with Crippen LogP contribution in [-0.2, 0) is 57.9 Å². The van der Waals surface area contributed by atoms with E-state index in [1.165, 1.54) is 101 Å². The molecule has 0 fully saturated rings. The summed E-state index contributed by atoms with van der Waals surface area (Å²) in [4.78, 5) is 105. The number of anilines is 4. The molecule has 0 aliphatic heterocycles. The number of methoxy groups -OCH3 is 15. The van der Waals surface area contributed by atoms with Crippen molar-refractivity contribution in [3.63, 3.8) is 0 Å². The molecular formula is C105H112N8O26S. The molecule has 734 valence electrons. The van der Waals surface area contributed by atoms with Crippen molar-refractivity contribution in [3.8, 4) is 119 Å². The molecule has 0 unspecified atom stereocenters. The lowest BCUT2D eigenvalue weighted by molar-refractivity contribution is -0.384. The third kappa shape index (κ3) is 29.7. The Labute approximate surface area is 814 Å². The van der Waals surface area contributed by atoms with E-state index in [1.807, 2.05) is 78.2 Å². The number of aliphatic hydroxyl groups excluding tert-OH is 1. The van der Waals surface area contributed by atoms with Gasteiger partial charge in [-0.15, -0.1) is 11.3 Å². The summed E-state index contributed by atoms with van der Waals surface area (Å²) in [6, 6.07) is 60.6. The molecule has 10 aromatic carbocycles. The molecule has 0 saturated heterocycles. The number of carbonyl (C=O) groups excluding carboxylic acids is 7. The van der Waals surface area contributed by atoms with Crippen molar-refractivity contribution in [2.24, 2.45) is 5.73 Å². The second kappa shape index (κ2) is 53.6. The summed E-state index contributed by atoms with van der Waals surface area (Å²) >= 11 is 1.68. The molecule has 0 spiro atoms. The number of nitrogens with two attached hydrogens (primary N) is 1. The van der Waals surface area contributed by atoms with Crippen LogP contribution in [0.25, 0.3) is 32.9 Å². The lowest BCUT2D eigenvalue weighted by Gasteiger charge is -2.16. The minimum Gasteiger partial charge on any atom is -0.493 e. The average Bonchev–Trinajstić information content (AvgIpc) is 0.838. The fourth-order valence-electron chi connectivity index (χ4n) is 14.3. The summed E-state index contributed by atoms with van der Waals surface area (Å²) in [7, 11) is 23.2. The predicted octanol–water partition coefficient (Wildman–Crippen LogP) is 18.3. The van der Waals surface area contributed by atoms with Gasteiger partial charge in [0.05, 0.1) is 130 Å². The molecule has 3 heterocycles. The van der Waals surface area contributed by atoms with Crippen LogP contribution in [0.2, 0.25) is 0 Å². The van der Waals surface area contributed by atoms with Crippen molar-refractivity contribution < 1.29 is 119 Å². The minimum absolute atomic E-state index is 0.000233. The van der Waals surface area contributed by atoms with E-state index in [-0.39, 0.29) is 78.3 Å². The lowest BCUT2D eigenvalue weighted by atomic mass is 9.95. The molecule has 0 bridgehead atoms. The highest BCUT2D eigenvalue weighted by Crippen LogP contribution is 2.47. The van der Waals surface area contributed by atoms with Crippen molar-refractivity contribution >= 4 is 81.0 Å². The number of amides is 5. The van der Waals surface area contributed by atoms with Gasteiger partial charge in [-0.3, -0.25) is 43.7 Å². The van der Waals surface area contributed by atoms with E-state index in [2.05, 4.69) is 43.4 Å². The van der Waals surface area contributed by atoms with E-state index in [0.717, 1.165) is 54.9 Å². The first kappa shape index (κ1) is 107. The summed E-state index contributed by atoms with van der Waals surface area (Å²) in [5.41, 5.74) is 16.3. The number of ether oxygens (including phenoxy) is 15. The summed E-state index contributed by atoms with van der Waals surface area (Å²) in [5.74, 6) is 7.35. The third-order valence-electron chi connectivity index (χ3n) is 21.1. The second-order valence-corrected chi connectivity index (χ2v) is 31.2. The molecule has 0 radical (unpaired) electrons. The molecule has 140 heavy (non-hydrogen) atoms. The zero-order valence-electron chi connectivity index (χ0n) is 80.6. The zero-order valence-corrected chi connectivity index (χ0v) is 81.4. The highest BCUT2D eigenvalue weighted by Gasteiger charge is 2.25. The molecule has 13 aromatic rings. The Morgan fingerprint density at radius 1 is 0.407 bits per heavy atom. The first-order valence-electron chi connectivity index (χ1n) is 43.3. The Morgan fingerprint density at radius 2 is 0.857 bits per heavy atom. The molecule has 7 N–H and O–H groups in total. The van der Waals surface area contributed by atoms with Gasteiger partial charge < -0.3 is 108 Å². The quantitative estimate of drug-likeness (QED) is 0.0118. The number of Topliss-reactive ketones (excluding diaryl/α,β-unsaturated/α-hetero) is 2. The SMILES string of the molecule is COc1cc(CC(=O)Nc2cccc(C(C)=O)c2)cc(OC)c1OC.COc1cc(CCC(=O)Nc2cccc(CO)c2)cc(OC)c1OC.COc1cc(CCC(=O)Nc2cccc([N+](=O)[O-])c2)cc(OC)c1OC.COc1cc(CCC(=O)Nc2nc(C)ncc2-c2ccc(C(N)=O)o2)cc(OC)c1OC.COc1ccc(-c2cccc(C(=O)Cc3ccccc3-c3cccs3)c2)c(OC)c1OC. The van der Waals surface area contributed by atoms with E-state index < -0.39 is 10.8 Å². The fraction of sp³-hybridized carbons (Fsp3) is 0.248. The van der Waals surface area contributed by atoms with Gasteiger partial charge in [0.1, 0.15) is 17.4 Å². The number of benzene rings is 10. The number of nitro benzene ring substituents is 1. The van der Waals surface area contributed by atoms with E-state index >= 15 is 0 Å². The van der Waals surface area contributed by atoms with Gasteiger partial charge in [0.2, 0.25) is 52.4 Å². The van der Waals surface area contributed by atoms with Crippen LogP contribution in [0, 0.1) is 17.0 Å². The van der Waals surface area contributed by atoms with Crippen LogP contribution in [-0.4, -0.2) is 168 Å². The summed E-state index contributed by atoms with van der Waals surface area (Å²) in [6.07, 6.45) is 4.05. The molecular weight excluding hydrogens is 1820 g/mol. The number of nitro groups is 1. The Bertz CT molecular complexity index is 6360. The van der Waals surface area contributed by atoms with Crippen LogP contribution in [0.4, 0.5) is 28.6 Å². The number of hydrogen-bond donors (Lipinski definition) is 6. The molecule has 34 nitrogen and oxygen atoms in total. The molecule has 3 aromatic heterocycles. The number of hydrogen-bond acceptors (Lipinski definition) is 29. The van der Waals surface area contributed by atoms with Crippen molar-refractivity contribution in [3.05, 3.63) is 284 Å². The highest BCUT2D eigenvalue weighted by atomic mass is 32.1. The number of non-ortho nitro benzene ring substituents is 1. The average molecular weight is 1930 g/mol. The van der Waals surface area contributed by atoms with E-state index in [1.54, 1.807) is 158 Å². The van der Waals surface area contributed by atoms with Gasteiger partial charge in [0, 0.05) is 82.6 Å². The van der Waals surface area contributed by atoms with Gasteiger partial charge >= 0.3 is 0 Å². The number of aromatic nitrogens is 2. The number of nitrogens with one attached hydrogen (secondary N) is 4. The van der Waals surface area contributed by atoms with E-state index in [4.69, 9.17) is 86.3 Å². The Balaban J connectivity index is 0.000000197. The zero-order chi connectivity index (χ0) is 101. The van der Waals surface area contributed by atoms with Crippen molar-refractivity contribution in [2.45, 2.75) is 71.8 Å². The Hall–Kier alpha value is -16.7. The number of rotatable bonds is 40. The summed E-state index contributed by atoms with van der Waals surface area (Å²) in [6.45, 7) is 3.12. The van der Waals surface area contributed by atoms with Gasteiger partial charge in [-0.05, 0) is 198 Å². The Morgan fingerprint density at radius 3 is 1.31 bits per heavy atom. The maximum absolute atomic E-state index is 13.2. The van der Waals surface area contributed by atoms with Gasteiger partial charge in [-0.1, -0.05) is 78.9 Å². The van der Waals surface area contributed by atoms with Crippen LogP contribution in [0.15, 0.2) is 222 Å². The maximum atomic E-state index is 13.2. The van der Waals surface area contributed by atoms with Crippen molar-refractivity contribution in [1.29, 1.82) is 0 Å². The molecule has 0 saturated carbocycles. The topological polar surface area (TPSA) is 434 Å².